The molecule has 0 aliphatic carbocycles. The molecule has 0 rings (SSSR count). The van der Waals surface area contributed by atoms with E-state index >= 15 is 0 Å². The molecule has 0 aromatic heterocycles. The third kappa shape index (κ3) is 3.39. The van der Waals surface area contributed by atoms with Crippen molar-refractivity contribution in [3.05, 3.63) is 0 Å². The Bertz CT molecular complexity index is 113. The summed E-state index contributed by atoms with van der Waals surface area (Å²) in [6, 6.07) is 0. The molecule has 0 radical (unpaired) electrons. The molecule has 0 aliphatic heterocycles. The summed E-state index contributed by atoms with van der Waals surface area (Å²) < 4.78 is 0. The molecular formula is C5H10O5. The van der Waals surface area contributed by atoms with E-state index in [1.165, 1.54) is 0 Å². The SMILES string of the molecule is O=C(O)C(O)C[C@H](O)CO. The zero-order valence-corrected chi connectivity index (χ0v) is 5.27. The molecule has 4 N–H and O–H groups in total. The normalized spacial score (nSPS) is 16.3. The van der Waals surface area contributed by atoms with Gasteiger partial charge >= 0.3 is 5.97 Å². The monoisotopic (exact) mass is 150 g/mol. The van der Waals surface area contributed by atoms with Crippen LogP contribution in [-0.2, 0) is 4.79 Å². The van der Waals surface area contributed by atoms with Crippen LogP contribution in [0.5, 0.6) is 0 Å². The Kier molecular flexibility index (Phi) is 3.94. The van der Waals surface area contributed by atoms with Crippen molar-refractivity contribution in [2.45, 2.75) is 18.6 Å². The summed E-state index contributed by atoms with van der Waals surface area (Å²) in [6.45, 7) is -0.537. The number of aliphatic carboxylic acids is 1. The lowest BCUT2D eigenvalue weighted by Gasteiger charge is -2.08. The predicted molar refractivity (Wildman–Crippen MR) is 31.4 cm³/mol. The fraction of sp³-hybridized carbons (Fsp3) is 0.800. The number of hydrogen-bond acceptors (Lipinski definition) is 4. The van der Waals surface area contributed by atoms with E-state index in [0.717, 1.165) is 0 Å². The summed E-state index contributed by atoms with van der Waals surface area (Å²) in [5.74, 6) is -1.40. The second-order valence-corrected chi connectivity index (χ2v) is 1.93. The van der Waals surface area contributed by atoms with Crippen LogP contribution >= 0.6 is 0 Å². The standard InChI is InChI=1S/C5H10O5/c6-2-3(7)1-4(8)5(9)10/h3-4,6-8H,1-2H2,(H,9,10)/t3-,4?/m0/s1. The van der Waals surface area contributed by atoms with Crippen molar-refractivity contribution < 1.29 is 25.2 Å². The molecule has 0 aliphatic rings. The molecule has 0 fully saturated rings. The minimum atomic E-state index is -1.60. The Hall–Kier alpha value is -0.650. The molecule has 0 heterocycles. The lowest BCUT2D eigenvalue weighted by atomic mass is 10.2. The van der Waals surface area contributed by atoms with Crippen molar-refractivity contribution in [3.63, 3.8) is 0 Å². The maximum absolute atomic E-state index is 9.91. The molecule has 0 aromatic carbocycles. The van der Waals surface area contributed by atoms with E-state index in [0.29, 0.717) is 0 Å². The minimum Gasteiger partial charge on any atom is -0.479 e. The third-order valence-corrected chi connectivity index (χ3v) is 0.991. The van der Waals surface area contributed by atoms with Gasteiger partial charge in [0.2, 0.25) is 0 Å². The van der Waals surface area contributed by atoms with E-state index in [1.54, 1.807) is 0 Å². The maximum atomic E-state index is 9.91. The van der Waals surface area contributed by atoms with E-state index < -0.39 is 24.8 Å². The van der Waals surface area contributed by atoms with Crippen LogP contribution in [0.15, 0.2) is 0 Å². The summed E-state index contributed by atoms with van der Waals surface area (Å²) in [5, 5.41) is 33.5. The first kappa shape index (κ1) is 9.35. The van der Waals surface area contributed by atoms with Crippen molar-refractivity contribution in [3.8, 4) is 0 Å². The van der Waals surface area contributed by atoms with Crippen molar-refractivity contribution in [2.75, 3.05) is 6.61 Å². The smallest absolute Gasteiger partial charge is 0.332 e. The second-order valence-electron chi connectivity index (χ2n) is 1.93. The fourth-order valence-corrected chi connectivity index (χ4v) is 0.433. The summed E-state index contributed by atoms with van der Waals surface area (Å²) in [5.41, 5.74) is 0. The highest BCUT2D eigenvalue weighted by Crippen LogP contribution is 1.96. The molecule has 0 saturated carbocycles. The molecular weight excluding hydrogens is 140 g/mol. The number of carbonyl (C=O) groups is 1. The molecule has 0 spiro atoms. The van der Waals surface area contributed by atoms with Gasteiger partial charge in [-0.25, -0.2) is 4.79 Å². The lowest BCUT2D eigenvalue weighted by Crippen LogP contribution is -2.27. The molecule has 0 aromatic rings. The topological polar surface area (TPSA) is 98.0 Å². The molecule has 0 bridgehead atoms. The van der Waals surface area contributed by atoms with Crippen LogP contribution in [0.25, 0.3) is 0 Å². The quantitative estimate of drug-likeness (QED) is 0.378. The first-order chi connectivity index (χ1) is 4.57. The number of carboxylic acid groups (broad SMARTS) is 1. The van der Waals surface area contributed by atoms with Gasteiger partial charge in [0.1, 0.15) is 0 Å². The van der Waals surface area contributed by atoms with Gasteiger partial charge < -0.3 is 20.4 Å². The van der Waals surface area contributed by atoms with Gasteiger partial charge in [-0.2, -0.15) is 0 Å². The van der Waals surface area contributed by atoms with E-state index in [1.807, 2.05) is 0 Å². The predicted octanol–water partition coefficient (Wildman–Crippen LogP) is -1.82. The molecule has 10 heavy (non-hydrogen) atoms. The van der Waals surface area contributed by atoms with E-state index in [-0.39, 0.29) is 6.42 Å². The maximum Gasteiger partial charge on any atom is 0.332 e. The Balaban J connectivity index is 3.56. The molecule has 5 nitrogen and oxygen atoms in total. The van der Waals surface area contributed by atoms with Gasteiger partial charge in [0, 0.05) is 6.42 Å². The van der Waals surface area contributed by atoms with Gasteiger partial charge in [0.05, 0.1) is 12.7 Å². The molecule has 1 unspecified atom stereocenters. The molecule has 5 heteroatoms. The Morgan fingerprint density at radius 1 is 1.40 bits per heavy atom. The highest BCUT2D eigenvalue weighted by atomic mass is 16.4. The number of carboxylic acids is 1. The van der Waals surface area contributed by atoms with Crippen LogP contribution < -0.4 is 0 Å². The summed E-state index contributed by atoms with van der Waals surface area (Å²) in [7, 11) is 0. The Morgan fingerprint density at radius 3 is 2.20 bits per heavy atom. The average Bonchev–Trinajstić information content (AvgIpc) is 1.87. The van der Waals surface area contributed by atoms with Crippen molar-refractivity contribution in [1.29, 1.82) is 0 Å². The highest BCUT2D eigenvalue weighted by Gasteiger charge is 2.16. The molecule has 0 amide bonds. The number of hydrogen-bond donors (Lipinski definition) is 4. The molecule has 60 valence electrons. The van der Waals surface area contributed by atoms with Crippen molar-refractivity contribution >= 4 is 5.97 Å². The summed E-state index contributed by atoms with van der Waals surface area (Å²) in [6.07, 6.45) is -3.10. The van der Waals surface area contributed by atoms with E-state index in [2.05, 4.69) is 0 Å². The van der Waals surface area contributed by atoms with Crippen LogP contribution in [0.4, 0.5) is 0 Å². The zero-order valence-electron chi connectivity index (χ0n) is 5.27. The molecule has 2 atom stereocenters. The minimum absolute atomic E-state index is 0.341. The Morgan fingerprint density at radius 2 is 1.90 bits per heavy atom. The van der Waals surface area contributed by atoms with Crippen LogP contribution in [0, 0.1) is 0 Å². The van der Waals surface area contributed by atoms with Crippen molar-refractivity contribution in [1.82, 2.24) is 0 Å². The number of aliphatic hydroxyl groups excluding tert-OH is 3. The fourth-order valence-electron chi connectivity index (χ4n) is 0.433. The number of aliphatic hydroxyl groups is 3. The van der Waals surface area contributed by atoms with Gasteiger partial charge in [0.15, 0.2) is 6.10 Å². The second kappa shape index (κ2) is 4.21. The van der Waals surface area contributed by atoms with Crippen LogP contribution in [0.2, 0.25) is 0 Å². The van der Waals surface area contributed by atoms with E-state index in [4.69, 9.17) is 20.4 Å². The van der Waals surface area contributed by atoms with Gasteiger partial charge in [-0.3, -0.25) is 0 Å². The first-order valence-electron chi connectivity index (χ1n) is 2.77. The number of rotatable bonds is 4. The van der Waals surface area contributed by atoms with Crippen LogP contribution in [0.3, 0.4) is 0 Å². The largest absolute Gasteiger partial charge is 0.479 e. The summed E-state index contributed by atoms with van der Waals surface area (Å²) in [4.78, 5) is 9.91. The van der Waals surface area contributed by atoms with Gasteiger partial charge in [0.25, 0.3) is 0 Å². The Labute approximate surface area is 57.5 Å². The van der Waals surface area contributed by atoms with Crippen molar-refractivity contribution in [2.24, 2.45) is 0 Å². The van der Waals surface area contributed by atoms with Gasteiger partial charge in [-0.05, 0) is 0 Å². The summed E-state index contributed by atoms with van der Waals surface area (Å²) >= 11 is 0. The van der Waals surface area contributed by atoms with Gasteiger partial charge in [-0.1, -0.05) is 0 Å². The van der Waals surface area contributed by atoms with Crippen LogP contribution in [-0.4, -0.2) is 45.2 Å². The average molecular weight is 150 g/mol. The lowest BCUT2D eigenvalue weighted by molar-refractivity contribution is -0.148. The molecule has 0 saturated heterocycles. The van der Waals surface area contributed by atoms with Crippen LogP contribution in [0.1, 0.15) is 6.42 Å². The highest BCUT2D eigenvalue weighted by molar-refractivity contribution is 5.71. The van der Waals surface area contributed by atoms with E-state index in [9.17, 15) is 4.79 Å². The zero-order chi connectivity index (χ0) is 8.15. The third-order valence-electron chi connectivity index (χ3n) is 0.991. The van der Waals surface area contributed by atoms with Gasteiger partial charge in [-0.15, -0.1) is 0 Å². The first-order valence-corrected chi connectivity index (χ1v) is 2.77.